The molecule has 1 N–H and O–H groups in total. The van der Waals surface area contributed by atoms with Crippen molar-refractivity contribution in [3.63, 3.8) is 0 Å². The van der Waals surface area contributed by atoms with E-state index < -0.39 is 17.0 Å². The molecule has 0 heterocycles. The maximum Gasteiger partial charge on any atom is 0.225 e. The van der Waals surface area contributed by atoms with Crippen molar-refractivity contribution >= 4 is 5.91 Å². The number of carbonyl (C=O) groups is 1. The third-order valence-corrected chi connectivity index (χ3v) is 2.06. The summed E-state index contributed by atoms with van der Waals surface area (Å²) >= 11 is 0. The Hall–Kier alpha value is -1.45. The highest BCUT2D eigenvalue weighted by molar-refractivity contribution is 5.81. The fourth-order valence-corrected chi connectivity index (χ4v) is 1.16. The van der Waals surface area contributed by atoms with E-state index in [2.05, 4.69) is 5.32 Å². The Bertz CT molecular complexity index is 376. The zero-order chi connectivity index (χ0) is 12.3. The van der Waals surface area contributed by atoms with Crippen LogP contribution >= 0.6 is 0 Å². The number of hydrogen-bond acceptors (Lipinski definition) is 1. The lowest BCUT2D eigenvalue weighted by molar-refractivity contribution is -0.128. The molecule has 0 aliphatic heterocycles. The first-order valence-corrected chi connectivity index (χ1v) is 5.02. The van der Waals surface area contributed by atoms with Crippen molar-refractivity contribution in [1.82, 2.24) is 5.32 Å². The second-order valence-electron chi connectivity index (χ2n) is 4.71. The van der Waals surface area contributed by atoms with E-state index in [9.17, 15) is 13.6 Å². The predicted molar refractivity (Wildman–Crippen MR) is 57.7 cm³/mol. The fraction of sp³-hybridized carbons (Fsp3) is 0.417. The summed E-state index contributed by atoms with van der Waals surface area (Å²) < 4.78 is 25.7. The van der Waals surface area contributed by atoms with E-state index in [1.807, 2.05) is 0 Å². The molecule has 1 aromatic rings. The fourth-order valence-electron chi connectivity index (χ4n) is 1.16. The summed E-state index contributed by atoms with van der Waals surface area (Å²) in [6.45, 7) is 5.45. The molecule has 0 fully saturated rings. The van der Waals surface area contributed by atoms with Crippen LogP contribution in [0.25, 0.3) is 0 Å². The predicted octanol–water partition coefficient (Wildman–Crippen LogP) is 2.63. The van der Waals surface area contributed by atoms with E-state index in [4.69, 9.17) is 0 Å². The first-order valence-electron chi connectivity index (χ1n) is 5.02. The molecule has 0 spiro atoms. The summed E-state index contributed by atoms with van der Waals surface area (Å²) in [6.07, 6.45) is 0. The summed E-state index contributed by atoms with van der Waals surface area (Å²) in [5.74, 6) is -1.43. The molecule has 0 unspecified atom stereocenters. The van der Waals surface area contributed by atoms with Gasteiger partial charge < -0.3 is 5.32 Å². The molecule has 16 heavy (non-hydrogen) atoms. The average molecular weight is 227 g/mol. The van der Waals surface area contributed by atoms with Crippen molar-refractivity contribution in [3.05, 3.63) is 35.4 Å². The largest absolute Gasteiger partial charge is 0.352 e. The van der Waals surface area contributed by atoms with Gasteiger partial charge in [0.2, 0.25) is 5.91 Å². The zero-order valence-electron chi connectivity index (χ0n) is 9.60. The molecule has 0 bridgehead atoms. The van der Waals surface area contributed by atoms with Crippen molar-refractivity contribution in [2.24, 2.45) is 5.41 Å². The quantitative estimate of drug-likeness (QED) is 0.826. The van der Waals surface area contributed by atoms with Crippen LogP contribution in [-0.4, -0.2) is 5.91 Å². The van der Waals surface area contributed by atoms with E-state index in [0.29, 0.717) is 5.56 Å². The number of hydrogen-bond donors (Lipinski definition) is 1. The van der Waals surface area contributed by atoms with Crippen LogP contribution < -0.4 is 5.32 Å². The van der Waals surface area contributed by atoms with Crippen LogP contribution in [-0.2, 0) is 11.3 Å². The maximum atomic E-state index is 12.8. The molecule has 0 saturated heterocycles. The third-order valence-electron chi connectivity index (χ3n) is 2.06. The molecule has 0 radical (unpaired) electrons. The lowest BCUT2D eigenvalue weighted by Gasteiger charge is -2.17. The van der Waals surface area contributed by atoms with E-state index in [-0.39, 0.29) is 12.5 Å². The van der Waals surface area contributed by atoms with Crippen molar-refractivity contribution in [2.45, 2.75) is 27.3 Å². The standard InChI is InChI=1S/C12H15F2NO/c1-12(2,3)11(16)15-7-8-4-9(13)6-10(14)5-8/h4-6H,7H2,1-3H3,(H,15,16). The van der Waals surface area contributed by atoms with Crippen molar-refractivity contribution in [3.8, 4) is 0 Å². The van der Waals surface area contributed by atoms with Crippen LogP contribution in [0.3, 0.4) is 0 Å². The number of rotatable bonds is 2. The Balaban J connectivity index is 2.65. The number of halogens is 2. The van der Waals surface area contributed by atoms with Crippen molar-refractivity contribution in [1.29, 1.82) is 0 Å². The average Bonchev–Trinajstić information content (AvgIpc) is 2.11. The van der Waals surface area contributed by atoms with Gasteiger partial charge in [0.25, 0.3) is 0 Å². The number of carbonyl (C=O) groups excluding carboxylic acids is 1. The Morgan fingerprint density at radius 1 is 1.19 bits per heavy atom. The van der Waals surface area contributed by atoms with Gasteiger partial charge in [-0.25, -0.2) is 8.78 Å². The van der Waals surface area contributed by atoms with Gasteiger partial charge in [-0.15, -0.1) is 0 Å². The van der Waals surface area contributed by atoms with Crippen LogP contribution in [0.4, 0.5) is 8.78 Å². The Morgan fingerprint density at radius 2 is 1.69 bits per heavy atom. The molecule has 1 aromatic carbocycles. The van der Waals surface area contributed by atoms with Crippen LogP contribution in [0.5, 0.6) is 0 Å². The van der Waals surface area contributed by atoms with E-state index in [0.717, 1.165) is 6.07 Å². The van der Waals surface area contributed by atoms with Gasteiger partial charge >= 0.3 is 0 Å². The van der Waals surface area contributed by atoms with Gasteiger partial charge in [0.05, 0.1) is 0 Å². The summed E-state index contributed by atoms with van der Waals surface area (Å²) in [4.78, 5) is 11.5. The minimum atomic E-state index is -0.639. The molecule has 0 aromatic heterocycles. The molecule has 0 atom stereocenters. The van der Waals surface area contributed by atoms with Gasteiger partial charge in [0, 0.05) is 18.0 Å². The van der Waals surface area contributed by atoms with Gasteiger partial charge in [0.15, 0.2) is 0 Å². The molecule has 0 saturated carbocycles. The van der Waals surface area contributed by atoms with E-state index in [1.54, 1.807) is 20.8 Å². The molecule has 0 aliphatic rings. The number of amides is 1. The Morgan fingerprint density at radius 3 is 2.12 bits per heavy atom. The second kappa shape index (κ2) is 4.60. The maximum absolute atomic E-state index is 12.8. The molecule has 2 nitrogen and oxygen atoms in total. The van der Waals surface area contributed by atoms with Crippen molar-refractivity contribution < 1.29 is 13.6 Å². The van der Waals surface area contributed by atoms with Crippen molar-refractivity contribution in [2.75, 3.05) is 0 Å². The van der Waals surface area contributed by atoms with Gasteiger partial charge in [0.1, 0.15) is 11.6 Å². The highest BCUT2D eigenvalue weighted by Crippen LogP contribution is 2.13. The second-order valence-corrected chi connectivity index (χ2v) is 4.71. The SMILES string of the molecule is CC(C)(C)C(=O)NCc1cc(F)cc(F)c1. The molecule has 88 valence electrons. The summed E-state index contributed by atoms with van der Waals surface area (Å²) in [7, 11) is 0. The monoisotopic (exact) mass is 227 g/mol. The molecular weight excluding hydrogens is 212 g/mol. The normalized spacial score (nSPS) is 11.3. The first kappa shape index (κ1) is 12.6. The Labute approximate surface area is 93.7 Å². The van der Waals surface area contributed by atoms with Gasteiger partial charge in [-0.05, 0) is 17.7 Å². The highest BCUT2D eigenvalue weighted by Gasteiger charge is 2.20. The first-order chi connectivity index (χ1) is 7.29. The molecule has 1 amide bonds. The summed E-state index contributed by atoms with van der Waals surface area (Å²) in [5.41, 5.74) is -0.0959. The van der Waals surface area contributed by atoms with Crippen LogP contribution in [0.1, 0.15) is 26.3 Å². The number of benzene rings is 1. The molecular formula is C12H15F2NO. The summed E-state index contributed by atoms with van der Waals surface area (Å²) in [5, 5.41) is 2.62. The van der Waals surface area contributed by atoms with E-state index >= 15 is 0 Å². The van der Waals surface area contributed by atoms with Gasteiger partial charge in [-0.3, -0.25) is 4.79 Å². The third kappa shape index (κ3) is 3.61. The zero-order valence-corrected chi connectivity index (χ0v) is 9.60. The van der Waals surface area contributed by atoms with E-state index in [1.165, 1.54) is 12.1 Å². The minimum Gasteiger partial charge on any atom is -0.352 e. The topological polar surface area (TPSA) is 29.1 Å². The van der Waals surface area contributed by atoms with Crippen LogP contribution in [0, 0.1) is 17.0 Å². The minimum absolute atomic E-state index is 0.130. The Kier molecular flexibility index (Phi) is 3.62. The lowest BCUT2D eigenvalue weighted by Crippen LogP contribution is -2.34. The lowest BCUT2D eigenvalue weighted by atomic mass is 9.95. The van der Waals surface area contributed by atoms with Crippen LogP contribution in [0.2, 0.25) is 0 Å². The summed E-state index contributed by atoms with van der Waals surface area (Å²) in [6, 6.07) is 3.20. The highest BCUT2D eigenvalue weighted by atomic mass is 19.1. The number of nitrogens with one attached hydrogen (secondary N) is 1. The molecule has 4 heteroatoms. The smallest absolute Gasteiger partial charge is 0.225 e. The van der Waals surface area contributed by atoms with Gasteiger partial charge in [-0.2, -0.15) is 0 Å². The molecule has 1 rings (SSSR count). The van der Waals surface area contributed by atoms with Gasteiger partial charge in [-0.1, -0.05) is 20.8 Å². The molecule has 0 aliphatic carbocycles. The van der Waals surface area contributed by atoms with Crippen LogP contribution in [0.15, 0.2) is 18.2 Å².